The predicted molar refractivity (Wildman–Crippen MR) is 156 cm³/mol. The minimum atomic E-state index is -0.644. The zero-order valence-electron chi connectivity index (χ0n) is 21.5. The summed E-state index contributed by atoms with van der Waals surface area (Å²) >= 11 is 14.1. The van der Waals surface area contributed by atoms with E-state index < -0.39 is 6.04 Å². The van der Waals surface area contributed by atoms with Crippen LogP contribution in [0.4, 0.5) is 0 Å². The number of hydrogen-bond donors (Lipinski definition) is 1. The Bertz CT molecular complexity index is 1150. The molecular weight excluding hydrogens is 523 g/mol. The first kappa shape index (κ1) is 29.1. The number of benzene rings is 3. The Morgan fingerprint density at radius 3 is 2.19 bits per heavy atom. The molecule has 196 valence electrons. The first-order chi connectivity index (χ1) is 17.8. The minimum absolute atomic E-state index is 0.0128. The Hall–Kier alpha value is -2.47. The number of rotatable bonds is 12. The zero-order valence-corrected chi connectivity index (χ0v) is 23.9. The fourth-order valence-corrected chi connectivity index (χ4v) is 5.53. The molecule has 7 heteroatoms. The first-order valence-electron chi connectivity index (χ1n) is 12.5. The number of aryl methyl sites for hydroxylation is 1. The van der Waals surface area contributed by atoms with Crippen LogP contribution < -0.4 is 5.32 Å². The van der Waals surface area contributed by atoms with Crippen LogP contribution in [0, 0.1) is 6.92 Å². The van der Waals surface area contributed by atoms with Gasteiger partial charge in [0.1, 0.15) is 6.04 Å². The molecular formula is C30H34Cl2N2O2S. The molecule has 0 bridgehead atoms. The van der Waals surface area contributed by atoms with Crippen LogP contribution in [-0.2, 0) is 28.3 Å². The van der Waals surface area contributed by atoms with Gasteiger partial charge in [0, 0.05) is 34.8 Å². The fourth-order valence-electron chi connectivity index (χ4n) is 3.88. The molecule has 0 saturated heterocycles. The Morgan fingerprint density at radius 2 is 1.57 bits per heavy atom. The molecule has 0 aliphatic carbocycles. The number of halogens is 2. The molecule has 0 spiro atoms. The van der Waals surface area contributed by atoms with Crippen LogP contribution in [0.15, 0.2) is 72.8 Å². The first-order valence-corrected chi connectivity index (χ1v) is 14.4. The molecule has 0 radical (unpaired) electrons. The molecule has 2 amide bonds. The molecule has 0 unspecified atom stereocenters. The van der Waals surface area contributed by atoms with Gasteiger partial charge < -0.3 is 10.2 Å². The van der Waals surface area contributed by atoms with Crippen molar-refractivity contribution in [1.82, 2.24) is 10.2 Å². The van der Waals surface area contributed by atoms with Gasteiger partial charge in [0.2, 0.25) is 11.8 Å². The highest BCUT2D eigenvalue weighted by molar-refractivity contribution is 7.99. The Kier molecular flexibility index (Phi) is 11.4. The lowest BCUT2D eigenvalue weighted by Crippen LogP contribution is -2.52. The molecule has 3 rings (SSSR count). The summed E-state index contributed by atoms with van der Waals surface area (Å²) in [5, 5.41) is 4.27. The number of nitrogens with one attached hydrogen (secondary N) is 1. The normalized spacial score (nSPS) is 12.6. The maximum Gasteiger partial charge on any atom is 0.243 e. The molecule has 0 fully saturated rings. The molecule has 2 atom stereocenters. The van der Waals surface area contributed by atoms with Gasteiger partial charge in [-0.1, -0.05) is 96.4 Å². The highest BCUT2D eigenvalue weighted by atomic mass is 35.5. The van der Waals surface area contributed by atoms with E-state index in [1.165, 1.54) is 11.8 Å². The molecule has 0 aliphatic heterocycles. The van der Waals surface area contributed by atoms with Crippen molar-refractivity contribution < 1.29 is 9.59 Å². The molecule has 0 aromatic heterocycles. The standard InChI is InChI=1S/C30H34Cl2N2O2S/c1-4-22(3)33-30(36)28(17-23-9-6-5-7-10-23)34(18-24-15-13-21(2)14-16-24)29(35)20-37-19-25-26(31)11-8-12-27(25)32/h5-16,22,28H,4,17-20H2,1-3H3,(H,33,36)/t22-,28-/m1/s1. The van der Waals surface area contributed by atoms with Crippen molar-refractivity contribution in [2.24, 2.45) is 0 Å². The Balaban J connectivity index is 1.87. The van der Waals surface area contributed by atoms with E-state index in [1.807, 2.05) is 75.4 Å². The quantitative estimate of drug-likeness (QED) is 0.259. The summed E-state index contributed by atoms with van der Waals surface area (Å²) in [4.78, 5) is 29.0. The van der Waals surface area contributed by atoms with Gasteiger partial charge >= 0.3 is 0 Å². The van der Waals surface area contributed by atoms with Gasteiger partial charge in [-0.05, 0) is 49.1 Å². The third-order valence-electron chi connectivity index (χ3n) is 6.28. The third kappa shape index (κ3) is 8.80. The average molecular weight is 558 g/mol. The van der Waals surface area contributed by atoms with Gasteiger partial charge in [0.05, 0.1) is 5.75 Å². The van der Waals surface area contributed by atoms with Crippen molar-refractivity contribution in [2.75, 3.05) is 5.75 Å². The van der Waals surface area contributed by atoms with E-state index in [2.05, 4.69) is 5.32 Å². The second-order valence-corrected chi connectivity index (χ2v) is 11.0. The van der Waals surface area contributed by atoms with Gasteiger partial charge in [0.15, 0.2) is 0 Å². The van der Waals surface area contributed by atoms with E-state index in [0.29, 0.717) is 28.8 Å². The lowest BCUT2D eigenvalue weighted by atomic mass is 10.0. The fraction of sp³-hybridized carbons (Fsp3) is 0.333. The molecule has 0 heterocycles. The van der Waals surface area contributed by atoms with Gasteiger partial charge in [-0.15, -0.1) is 11.8 Å². The summed E-state index contributed by atoms with van der Waals surface area (Å²) in [6, 6.07) is 22.7. The number of amides is 2. The number of thioether (sulfide) groups is 1. The van der Waals surface area contributed by atoms with Crippen LogP contribution in [0.25, 0.3) is 0 Å². The van der Waals surface area contributed by atoms with Crippen molar-refractivity contribution >= 4 is 46.8 Å². The van der Waals surface area contributed by atoms with Crippen LogP contribution in [-0.4, -0.2) is 34.6 Å². The largest absolute Gasteiger partial charge is 0.352 e. The highest BCUT2D eigenvalue weighted by Gasteiger charge is 2.31. The maximum atomic E-state index is 13.7. The summed E-state index contributed by atoms with van der Waals surface area (Å²) in [6.45, 7) is 6.38. The van der Waals surface area contributed by atoms with E-state index in [1.54, 1.807) is 23.1 Å². The second-order valence-electron chi connectivity index (χ2n) is 9.22. The van der Waals surface area contributed by atoms with E-state index >= 15 is 0 Å². The highest BCUT2D eigenvalue weighted by Crippen LogP contribution is 2.28. The molecule has 1 N–H and O–H groups in total. The summed E-state index contributed by atoms with van der Waals surface area (Å²) in [5.74, 6) is 0.465. The summed E-state index contributed by atoms with van der Waals surface area (Å²) in [7, 11) is 0. The van der Waals surface area contributed by atoms with Crippen molar-refractivity contribution in [1.29, 1.82) is 0 Å². The van der Waals surface area contributed by atoms with Crippen LogP contribution in [0.3, 0.4) is 0 Å². The van der Waals surface area contributed by atoms with E-state index in [0.717, 1.165) is 28.7 Å². The lowest BCUT2D eigenvalue weighted by molar-refractivity contribution is -0.139. The zero-order chi connectivity index (χ0) is 26.8. The summed E-state index contributed by atoms with van der Waals surface area (Å²) in [6.07, 6.45) is 1.24. The van der Waals surface area contributed by atoms with E-state index in [9.17, 15) is 9.59 Å². The van der Waals surface area contributed by atoms with Gasteiger partial charge in [-0.25, -0.2) is 0 Å². The van der Waals surface area contributed by atoms with Crippen molar-refractivity contribution in [2.45, 2.75) is 58.0 Å². The number of nitrogens with zero attached hydrogens (tertiary/aromatic N) is 1. The second kappa shape index (κ2) is 14.5. The van der Waals surface area contributed by atoms with Gasteiger partial charge in [-0.3, -0.25) is 9.59 Å². The predicted octanol–water partition coefficient (Wildman–Crippen LogP) is 7.09. The molecule has 3 aromatic carbocycles. The Morgan fingerprint density at radius 1 is 0.919 bits per heavy atom. The minimum Gasteiger partial charge on any atom is -0.352 e. The smallest absolute Gasteiger partial charge is 0.243 e. The topological polar surface area (TPSA) is 49.4 Å². The van der Waals surface area contributed by atoms with E-state index in [4.69, 9.17) is 23.2 Å². The van der Waals surface area contributed by atoms with Crippen LogP contribution in [0.5, 0.6) is 0 Å². The van der Waals surface area contributed by atoms with Crippen LogP contribution in [0.1, 0.15) is 42.5 Å². The van der Waals surface area contributed by atoms with Crippen LogP contribution in [0.2, 0.25) is 10.0 Å². The average Bonchev–Trinajstić information content (AvgIpc) is 2.89. The number of carbonyl (C=O) groups excluding carboxylic acids is 2. The molecule has 0 saturated carbocycles. The molecule has 37 heavy (non-hydrogen) atoms. The Labute approximate surface area is 234 Å². The summed E-state index contributed by atoms with van der Waals surface area (Å²) < 4.78 is 0. The van der Waals surface area contributed by atoms with E-state index in [-0.39, 0.29) is 23.6 Å². The summed E-state index contributed by atoms with van der Waals surface area (Å²) in [5.41, 5.74) is 3.93. The SMILES string of the molecule is CC[C@@H](C)NC(=O)[C@@H](Cc1ccccc1)N(Cc1ccc(C)cc1)C(=O)CSCc1c(Cl)cccc1Cl. The number of carbonyl (C=O) groups is 2. The maximum absolute atomic E-state index is 13.7. The molecule has 0 aliphatic rings. The lowest BCUT2D eigenvalue weighted by Gasteiger charge is -2.32. The van der Waals surface area contributed by atoms with Crippen molar-refractivity contribution in [3.05, 3.63) is 105 Å². The number of hydrogen-bond acceptors (Lipinski definition) is 3. The third-order valence-corrected chi connectivity index (χ3v) is 7.93. The monoisotopic (exact) mass is 556 g/mol. The van der Waals surface area contributed by atoms with Gasteiger partial charge in [-0.2, -0.15) is 0 Å². The van der Waals surface area contributed by atoms with Crippen molar-refractivity contribution in [3.63, 3.8) is 0 Å². The molecule has 3 aromatic rings. The van der Waals surface area contributed by atoms with Crippen LogP contribution >= 0.6 is 35.0 Å². The van der Waals surface area contributed by atoms with Gasteiger partial charge in [0.25, 0.3) is 0 Å². The molecule has 4 nitrogen and oxygen atoms in total. The van der Waals surface area contributed by atoms with Crippen molar-refractivity contribution in [3.8, 4) is 0 Å².